The summed E-state index contributed by atoms with van der Waals surface area (Å²) in [4.78, 5) is 7.13. The van der Waals surface area contributed by atoms with Crippen LogP contribution in [-0.4, -0.2) is 23.6 Å². The first-order valence-corrected chi connectivity index (χ1v) is 7.04. The van der Waals surface area contributed by atoms with Gasteiger partial charge in [-0.05, 0) is 44.4 Å². The van der Waals surface area contributed by atoms with E-state index in [-0.39, 0.29) is 0 Å². The number of pyridine rings is 1. The molecule has 0 bridgehead atoms. The number of nitrogens with zero attached hydrogens (tertiary/aromatic N) is 2. The highest BCUT2D eigenvalue weighted by molar-refractivity contribution is 5.44. The maximum absolute atomic E-state index is 4.69. The van der Waals surface area contributed by atoms with Crippen LogP contribution in [-0.2, 0) is 6.54 Å². The highest BCUT2D eigenvalue weighted by Gasteiger charge is 2.21. The van der Waals surface area contributed by atoms with Gasteiger partial charge in [0.1, 0.15) is 5.82 Å². The fourth-order valence-corrected chi connectivity index (χ4v) is 2.57. The predicted octanol–water partition coefficient (Wildman–Crippen LogP) is 2.88. The minimum absolute atomic E-state index is 0.521. The van der Waals surface area contributed by atoms with Gasteiger partial charge in [0, 0.05) is 30.9 Å². The summed E-state index contributed by atoms with van der Waals surface area (Å²) in [7, 11) is 0. The van der Waals surface area contributed by atoms with Gasteiger partial charge in [-0.2, -0.15) is 0 Å². The maximum atomic E-state index is 4.69. The molecule has 0 amide bonds. The highest BCUT2D eigenvalue weighted by atomic mass is 15.2. The van der Waals surface area contributed by atoms with Gasteiger partial charge in [0.05, 0.1) is 0 Å². The average molecular weight is 247 g/mol. The Kier molecular flexibility index (Phi) is 4.23. The van der Waals surface area contributed by atoms with Crippen LogP contribution < -0.4 is 10.2 Å². The lowest BCUT2D eigenvalue weighted by Crippen LogP contribution is -2.28. The molecule has 0 radical (unpaired) electrons. The SMILES string of the molecule is Cc1cc(CNC(C)C)cc(N2CCCC2C)n1. The van der Waals surface area contributed by atoms with Crippen LogP contribution in [0.2, 0.25) is 0 Å². The molecule has 1 N–H and O–H groups in total. The Morgan fingerprint density at radius 1 is 1.44 bits per heavy atom. The smallest absolute Gasteiger partial charge is 0.129 e. The van der Waals surface area contributed by atoms with Crippen molar-refractivity contribution in [1.29, 1.82) is 0 Å². The fourth-order valence-electron chi connectivity index (χ4n) is 2.57. The summed E-state index contributed by atoms with van der Waals surface area (Å²) in [5.41, 5.74) is 2.46. The topological polar surface area (TPSA) is 28.2 Å². The van der Waals surface area contributed by atoms with Gasteiger partial charge >= 0.3 is 0 Å². The quantitative estimate of drug-likeness (QED) is 0.886. The summed E-state index contributed by atoms with van der Waals surface area (Å²) in [6, 6.07) is 5.57. The molecule has 0 aliphatic carbocycles. The van der Waals surface area contributed by atoms with Crippen LogP contribution in [0.3, 0.4) is 0 Å². The van der Waals surface area contributed by atoms with E-state index < -0.39 is 0 Å². The molecule has 1 atom stereocenters. The van der Waals surface area contributed by atoms with Gasteiger partial charge in [-0.15, -0.1) is 0 Å². The molecule has 1 aliphatic heterocycles. The molecule has 1 aromatic rings. The summed E-state index contributed by atoms with van der Waals surface area (Å²) in [6.45, 7) is 10.8. The average Bonchev–Trinajstić information content (AvgIpc) is 2.72. The number of anilines is 1. The monoisotopic (exact) mass is 247 g/mol. The lowest BCUT2D eigenvalue weighted by Gasteiger charge is -2.23. The van der Waals surface area contributed by atoms with Crippen molar-refractivity contribution in [1.82, 2.24) is 10.3 Å². The molecule has 0 saturated carbocycles. The van der Waals surface area contributed by atoms with Crippen LogP contribution in [0.25, 0.3) is 0 Å². The van der Waals surface area contributed by atoms with Crippen LogP contribution in [0, 0.1) is 6.92 Å². The van der Waals surface area contributed by atoms with Crippen molar-refractivity contribution in [3.63, 3.8) is 0 Å². The van der Waals surface area contributed by atoms with Crippen LogP contribution >= 0.6 is 0 Å². The highest BCUT2D eigenvalue weighted by Crippen LogP contribution is 2.24. The summed E-state index contributed by atoms with van der Waals surface area (Å²) in [5, 5.41) is 3.47. The van der Waals surface area contributed by atoms with Gasteiger partial charge in [0.25, 0.3) is 0 Å². The molecule has 1 saturated heterocycles. The molecule has 2 heterocycles. The third kappa shape index (κ3) is 3.22. The summed E-state index contributed by atoms with van der Waals surface area (Å²) in [5.74, 6) is 1.15. The van der Waals surface area contributed by atoms with Crippen LogP contribution in [0.1, 0.15) is 44.9 Å². The Morgan fingerprint density at radius 3 is 2.83 bits per heavy atom. The largest absolute Gasteiger partial charge is 0.354 e. The van der Waals surface area contributed by atoms with E-state index >= 15 is 0 Å². The second-order valence-electron chi connectivity index (χ2n) is 5.70. The summed E-state index contributed by atoms with van der Waals surface area (Å²) < 4.78 is 0. The van der Waals surface area contributed by atoms with E-state index in [9.17, 15) is 0 Å². The second kappa shape index (κ2) is 5.70. The van der Waals surface area contributed by atoms with Crippen molar-refractivity contribution < 1.29 is 0 Å². The van der Waals surface area contributed by atoms with Gasteiger partial charge in [0.2, 0.25) is 0 Å². The fraction of sp³-hybridized carbons (Fsp3) is 0.667. The van der Waals surface area contributed by atoms with E-state index in [0.29, 0.717) is 12.1 Å². The second-order valence-corrected chi connectivity index (χ2v) is 5.70. The Balaban J connectivity index is 2.15. The first-order chi connectivity index (χ1) is 8.56. The van der Waals surface area contributed by atoms with Gasteiger partial charge in [-0.1, -0.05) is 13.8 Å². The van der Waals surface area contributed by atoms with Crippen molar-refractivity contribution in [3.8, 4) is 0 Å². The van der Waals surface area contributed by atoms with E-state index in [1.54, 1.807) is 0 Å². The lowest BCUT2D eigenvalue weighted by atomic mass is 10.2. The van der Waals surface area contributed by atoms with Crippen LogP contribution in [0.5, 0.6) is 0 Å². The van der Waals surface area contributed by atoms with Crippen molar-refractivity contribution >= 4 is 5.82 Å². The van der Waals surface area contributed by atoms with E-state index in [2.05, 4.69) is 50.0 Å². The molecule has 3 heteroatoms. The molecule has 18 heavy (non-hydrogen) atoms. The van der Waals surface area contributed by atoms with Gasteiger partial charge in [-0.25, -0.2) is 4.98 Å². The lowest BCUT2D eigenvalue weighted by molar-refractivity contribution is 0.588. The van der Waals surface area contributed by atoms with Crippen molar-refractivity contribution in [2.24, 2.45) is 0 Å². The molecular formula is C15H25N3. The number of aryl methyl sites for hydroxylation is 1. The Morgan fingerprint density at radius 2 is 2.22 bits per heavy atom. The van der Waals surface area contributed by atoms with E-state index in [1.165, 1.54) is 18.4 Å². The molecule has 1 unspecified atom stereocenters. The number of hydrogen-bond acceptors (Lipinski definition) is 3. The Hall–Kier alpha value is -1.09. The minimum Gasteiger partial charge on any atom is -0.354 e. The first kappa shape index (κ1) is 13.3. The third-order valence-corrected chi connectivity index (χ3v) is 3.56. The van der Waals surface area contributed by atoms with Crippen LogP contribution in [0.4, 0.5) is 5.82 Å². The van der Waals surface area contributed by atoms with Gasteiger partial charge in [-0.3, -0.25) is 0 Å². The van der Waals surface area contributed by atoms with Gasteiger partial charge in [0.15, 0.2) is 0 Å². The zero-order valence-electron chi connectivity index (χ0n) is 12.0. The first-order valence-electron chi connectivity index (χ1n) is 7.04. The predicted molar refractivity (Wildman–Crippen MR) is 77.0 cm³/mol. The zero-order valence-corrected chi connectivity index (χ0v) is 12.0. The molecule has 1 aliphatic rings. The third-order valence-electron chi connectivity index (χ3n) is 3.56. The molecule has 1 fully saturated rings. The minimum atomic E-state index is 0.521. The molecule has 0 spiro atoms. The number of aromatic nitrogens is 1. The molecule has 2 rings (SSSR count). The Bertz CT molecular complexity index is 401. The van der Waals surface area contributed by atoms with Crippen molar-refractivity contribution in [2.45, 2.75) is 59.2 Å². The standard InChI is InChI=1S/C15H25N3/c1-11(2)16-10-14-8-12(3)17-15(9-14)18-7-5-6-13(18)4/h8-9,11,13,16H,5-7,10H2,1-4H3. The Labute approximate surface area is 111 Å². The zero-order chi connectivity index (χ0) is 13.1. The number of nitrogens with one attached hydrogen (secondary N) is 1. The summed E-state index contributed by atoms with van der Waals surface area (Å²) >= 11 is 0. The van der Waals surface area contributed by atoms with E-state index in [0.717, 1.165) is 24.6 Å². The number of hydrogen-bond donors (Lipinski definition) is 1. The molecule has 1 aromatic heterocycles. The van der Waals surface area contributed by atoms with E-state index in [4.69, 9.17) is 4.98 Å². The van der Waals surface area contributed by atoms with Gasteiger partial charge < -0.3 is 10.2 Å². The van der Waals surface area contributed by atoms with Crippen molar-refractivity contribution in [2.75, 3.05) is 11.4 Å². The molecule has 0 aromatic carbocycles. The van der Waals surface area contributed by atoms with Crippen molar-refractivity contribution in [3.05, 3.63) is 23.4 Å². The maximum Gasteiger partial charge on any atom is 0.129 e. The molecule has 100 valence electrons. The normalized spacial score (nSPS) is 19.8. The summed E-state index contributed by atoms with van der Waals surface area (Å²) in [6.07, 6.45) is 2.57. The molecule has 3 nitrogen and oxygen atoms in total. The van der Waals surface area contributed by atoms with Crippen LogP contribution in [0.15, 0.2) is 12.1 Å². The molecular weight excluding hydrogens is 222 g/mol. The van der Waals surface area contributed by atoms with E-state index in [1.807, 2.05) is 0 Å². The number of rotatable bonds is 4.